The Morgan fingerprint density at radius 1 is 0.897 bits per heavy atom. The summed E-state index contributed by atoms with van der Waals surface area (Å²) in [6.07, 6.45) is 1.17. The van der Waals surface area contributed by atoms with Crippen molar-refractivity contribution < 1.29 is 9.47 Å². The summed E-state index contributed by atoms with van der Waals surface area (Å²) in [6, 6.07) is 0.975. The van der Waals surface area contributed by atoms with Gasteiger partial charge in [0, 0.05) is 51.4 Å². The summed E-state index contributed by atoms with van der Waals surface area (Å²) in [5.41, 5.74) is 0. The SMILES string of the molecule is CCNC(=NCC(CC(C)C)N1CCOCC1)NCC(C(C)C)N1CCOCC1. The Morgan fingerprint density at radius 3 is 2.00 bits per heavy atom. The molecular weight excluding hydrogens is 366 g/mol. The number of nitrogens with one attached hydrogen (secondary N) is 2. The van der Waals surface area contributed by atoms with Crippen LogP contribution in [0.15, 0.2) is 4.99 Å². The van der Waals surface area contributed by atoms with Crippen LogP contribution in [0, 0.1) is 11.8 Å². The Bertz CT molecular complexity index is 460. The minimum absolute atomic E-state index is 0.481. The molecule has 0 spiro atoms. The molecule has 0 amide bonds. The standard InChI is InChI=1S/C22H45N5O2/c1-6-23-22(25-17-21(19(4)5)27-9-13-29-14-10-27)24-16-20(15-18(2)3)26-7-11-28-12-8-26/h18-21H,6-17H2,1-5H3,(H2,23,24,25). The largest absolute Gasteiger partial charge is 0.379 e. The predicted molar refractivity (Wildman–Crippen MR) is 121 cm³/mol. The Morgan fingerprint density at radius 2 is 1.48 bits per heavy atom. The Balaban J connectivity index is 1.96. The highest BCUT2D eigenvalue weighted by atomic mass is 16.5. The fourth-order valence-corrected chi connectivity index (χ4v) is 4.26. The van der Waals surface area contributed by atoms with Gasteiger partial charge >= 0.3 is 0 Å². The van der Waals surface area contributed by atoms with Gasteiger partial charge in [-0.25, -0.2) is 0 Å². The Hall–Kier alpha value is -0.890. The first-order valence-electron chi connectivity index (χ1n) is 11.7. The predicted octanol–water partition coefficient (Wildman–Crippen LogP) is 1.65. The van der Waals surface area contributed by atoms with Crippen molar-refractivity contribution in [3.63, 3.8) is 0 Å². The normalized spacial score (nSPS) is 22.1. The number of hydrogen-bond acceptors (Lipinski definition) is 5. The van der Waals surface area contributed by atoms with Gasteiger partial charge in [0.2, 0.25) is 0 Å². The zero-order valence-corrected chi connectivity index (χ0v) is 19.5. The minimum atomic E-state index is 0.481. The number of rotatable bonds is 10. The highest BCUT2D eigenvalue weighted by Crippen LogP contribution is 2.15. The van der Waals surface area contributed by atoms with Crippen LogP contribution in [0.25, 0.3) is 0 Å². The molecule has 2 unspecified atom stereocenters. The van der Waals surface area contributed by atoms with Crippen LogP contribution in [-0.4, -0.2) is 100 Å². The van der Waals surface area contributed by atoms with Crippen LogP contribution in [0.5, 0.6) is 0 Å². The third-order valence-electron chi connectivity index (χ3n) is 5.87. The third-order valence-corrected chi connectivity index (χ3v) is 5.87. The molecule has 2 atom stereocenters. The number of hydrogen-bond donors (Lipinski definition) is 2. The van der Waals surface area contributed by atoms with E-state index in [1.54, 1.807) is 0 Å². The van der Waals surface area contributed by atoms with Gasteiger partial charge < -0.3 is 20.1 Å². The summed E-state index contributed by atoms with van der Waals surface area (Å²) in [6.45, 7) is 21.4. The molecule has 0 bridgehead atoms. The van der Waals surface area contributed by atoms with Crippen molar-refractivity contribution in [3.05, 3.63) is 0 Å². The van der Waals surface area contributed by atoms with Crippen LogP contribution in [0.4, 0.5) is 0 Å². The second kappa shape index (κ2) is 13.4. The van der Waals surface area contributed by atoms with Gasteiger partial charge in [0.1, 0.15) is 0 Å². The lowest BCUT2D eigenvalue weighted by Gasteiger charge is -2.37. The summed E-state index contributed by atoms with van der Waals surface area (Å²) in [4.78, 5) is 10.1. The topological polar surface area (TPSA) is 61.4 Å². The average Bonchev–Trinajstić information content (AvgIpc) is 2.72. The van der Waals surface area contributed by atoms with E-state index in [1.807, 2.05) is 0 Å². The van der Waals surface area contributed by atoms with E-state index in [0.29, 0.717) is 23.9 Å². The van der Waals surface area contributed by atoms with Gasteiger partial charge in [-0.3, -0.25) is 14.8 Å². The molecule has 0 aliphatic carbocycles. The third kappa shape index (κ3) is 8.79. The molecule has 2 rings (SSSR count). The maximum absolute atomic E-state index is 5.55. The zero-order valence-electron chi connectivity index (χ0n) is 19.5. The highest BCUT2D eigenvalue weighted by molar-refractivity contribution is 5.79. The molecule has 170 valence electrons. The number of morpholine rings is 2. The molecule has 2 fully saturated rings. The van der Waals surface area contributed by atoms with E-state index in [2.05, 4.69) is 55.1 Å². The minimum Gasteiger partial charge on any atom is -0.379 e. The maximum atomic E-state index is 5.55. The van der Waals surface area contributed by atoms with Gasteiger partial charge in [-0.1, -0.05) is 27.7 Å². The molecule has 7 nitrogen and oxygen atoms in total. The van der Waals surface area contributed by atoms with E-state index in [0.717, 1.165) is 78.2 Å². The van der Waals surface area contributed by atoms with Crippen LogP contribution < -0.4 is 10.6 Å². The van der Waals surface area contributed by atoms with Crippen LogP contribution >= 0.6 is 0 Å². The van der Waals surface area contributed by atoms with Crippen LogP contribution in [-0.2, 0) is 9.47 Å². The van der Waals surface area contributed by atoms with E-state index in [1.165, 1.54) is 6.42 Å². The van der Waals surface area contributed by atoms with Gasteiger partial charge in [0.25, 0.3) is 0 Å². The molecule has 0 radical (unpaired) electrons. The summed E-state index contributed by atoms with van der Waals surface area (Å²) >= 11 is 0. The molecule has 2 heterocycles. The first kappa shape index (κ1) is 24.4. The number of ether oxygens (including phenoxy) is 2. The first-order valence-corrected chi connectivity index (χ1v) is 11.7. The molecule has 0 saturated carbocycles. The van der Waals surface area contributed by atoms with E-state index >= 15 is 0 Å². The second-order valence-electron chi connectivity index (χ2n) is 8.99. The van der Waals surface area contributed by atoms with Gasteiger partial charge in [0.05, 0.1) is 33.0 Å². The summed E-state index contributed by atoms with van der Waals surface area (Å²) in [5, 5.41) is 7.07. The average molecular weight is 412 g/mol. The number of guanidine groups is 1. The molecule has 2 N–H and O–H groups in total. The lowest BCUT2D eigenvalue weighted by molar-refractivity contribution is 0.00749. The van der Waals surface area contributed by atoms with Crippen molar-refractivity contribution >= 4 is 5.96 Å². The second-order valence-corrected chi connectivity index (χ2v) is 8.99. The fraction of sp³-hybridized carbons (Fsp3) is 0.955. The van der Waals surface area contributed by atoms with Crippen LogP contribution in [0.3, 0.4) is 0 Å². The quantitative estimate of drug-likeness (QED) is 0.421. The lowest BCUT2D eigenvalue weighted by atomic mass is 10.0. The van der Waals surface area contributed by atoms with Crippen molar-refractivity contribution in [1.82, 2.24) is 20.4 Å². The fourth-order valence-electron chi connectivity index (χ4n) is 4.26. The summed E-state index contributed by atoms with van der Waals surface area (Å²) < 4.78 is 11.1. The van der Waals surface area contributed by atoms with E-state index in [4.69, 9.17) is 14.5 Å². The van der Waals surface area contributed by atoms with Gasteiger partial charge in [-0.05, 0) is 25.2 Å². The van der Waals surface area contributed by atoms with Crippen molar-refractivity contribution in [2.75, 3.05) is 72.2 Å². The van der Waals surface area contributed by atoms with Gasteiger partial charge in [-0.2, -0.15) is 0 Å². The number of nitrogens with zero attached hydrogens (tertiary/aromatic N) is 3. The molecule has 2 aliphatic heterocycles. The monoisotopic (exact) mass is 411 g/mol. The molecule has 0 aromatic heterocycles. The first-order chi connectivity index (χ1) is 14.0. The molecule has 2 aliphatic rings. The van der Waals surface area contributed by atoms with Crippen molar-refractivity contribution in [2.24, 2.45) is 16.8 Å². The Labute approximate surface area is 178 Å². The Kier molecular flexibility index (Phi) is 11.3. The summed E-state index contributed by atoms with van der Waals surface area (Å²) in [5.74, 6) is 2.19. The highest BCUT2D eigenvalue weighted by Gasteiger charge is 2.25. The van der Waals surface area contributed by atoms with E-state index in [9.17, 15) is 0 Å². The van der Waals surface area contributed by atoms with Crippen LogP contribution in [0.1, 0.15) is 41.0 Å². The lowest BCUT2D eigenvalue weighted by Crippen LogP contribution is -2.53. The van der Waals surface area contributed by atoms with E-state index < -0.39 is 0 Å². The smallest absolute Gasteiger partial charge is 0.191 e. The molecule has 0 aromatic rings. The maximum Gasteiger partial charge on any atom is 0.191 e. The molecular formula is C22H45N5O2. The summed E-state index contributed by atoms with van der Waals surface area (Å²) in [7, 11) is 0. The van der Waals surface area contributed by atoms with Gasteiger partial charge in [0.15, 0.2) is 5.96 Å². The molecule has 7 heteroatoms. The zero-order chi connectivity index (χ0) is 21.1. The van der Waals surface area contributed by atoms with Crippen molar-refractivity contribution in [1.29, 1.82) is 0 Å². The van der Waals surface area contributed by atoms with Crippen LogP contribution in [0.2, 0.25) is 0 Å². The molecule has 2 saturated heterocycles. The van der Waals surface area contributed by atoms with Gasteiger partial charge in [-0.15, -0.1) is 0 Å². The number of aliphatic imine (C=N–C) groups is 1. The molecule has 0 aromatic carbocycles. The molecule has 29 heavy (non-hydrogen) atoms. The van der Waals surface area contributed by atoms with Crippen molar-refractivity contribution in [3.8, 4) is 0 Å². The van der Waals surface area contributed by atoms with Crippen molar-refractivity contribution in [2.45, 2.75) is 53.1 Å². The van der Waals surface area contributed by atoms with E-state index in [-0.39, 0.29) is 0 Å².